The van der Waals surface area contributed by atoms with Gasteiger partial charge in [-0.1, -0.05) is 30.3 Å². The fraction of sp³-hybridized carbons (Fsp3) is 0.125. The van der Waals surface area contributed by atoms with Gasteiger partial charge in [-0.05, 0) is 0 Å². The summed E-state index contributed by atoms with van der Waals surface area (Å²) in [4.78, 5) is 44.6. The number of nitrogens with one attached hydrogen (secondary N) is 3. The molecule has 25 heavy (non-hydrogen) atoms. The molecule has 1 aliphatic rings. The lowest BCUT2D eigenvalue weighted by atomic mass is 10.2. The first-order valence-electron chi connectivity index (χ1n) is 7.51. The quantitative estimate of drug-likeness (QED) is 0.575. The summed E-state index contributed by atoms with van der Waals surface area (Å²) in [5.74, 6) is 0.750. The lowest BCUT2D eigenvalue weighted by molar-refractivity contribution is 0.707. The Morgan fingerprint density at radius 2 is 1.68 bits per heavy atom. The predicted molar refractivity (Wildman–Crippen MR) is 94.4 cm³/mol. The molecule has 1 aromatic carbocycles. The van der Waals surface area contributed by atoms with Crippen LogP contribution in [0, 0.1) is 0 Å². The Morgan fingerprint density at radius 3 is 2.40 bits per heavy atom. The van der Waals surface area contributed by atoms with E-state index in [4.69, 9.17) is 0 Å². The maximum atomic E-state index is 12.9. The van der Waals surface area contributed by atoms with Gasteiger partial charge in [-0.25, -0.2) is 9.79 Å². The van der Waals surface area contributed by atoms with Gasteiger partial charge in [0.15, 0.2) is 17.3 Å². The number of rotatable bonds is 1. The Labute approximate surface area is 140 Å². The van der Waals surface area contributed by atoms with Crippen LogP contribution in [0.15, 0.2) is 49.7 Å². The molecular weight excluding hydrogens is 324 g/mol. The molecule has 0 bridgehead atoms. The SMILES string of the molecule is Cn1c(=O)c2c(=O)c3c([nH]c2n(C)c1=O)NNC(c1ccccc1)=N3. The minimum Gasteiger partial charge on any atom is -0.324 e. The number of hydrogen-bond donors (Lipinski definition) is 3. The van der Waals surface area contributed by atoms with E-state index in [0.29, 0.717) is 11.7 Å². The van der Waals surface area contributed by atoms with E-state index in [1.54, 1.807) is 0 Å². The van der Waals surface area contributed by atoms with Crippen molar-refractivity contribution in [1.82, 2.24) is 19.5 Å². The van der Waals surface area contributed by atoms with E-state index in [1.165, 1.54) is 18.7 Å². The van der Waals surface area contributed by atoms with Gasteiger partial charge in [0.2, 0.25) is 5.43 Å². The van der Waals surface area contributed by atoms with Gasteiger partial charge in [-0.15, -0.1) is 0 Å². The molecule has 0 amide bonds. The van der Waals surface area contributed by atoms with Gasteiger partial charge in [0.05, 0.1) is 0 Å². The molecule has 0 spiro atoms. The Kier molecular flexibility index (Phi) is 3.11. The summed E-state index contributed by atoms with van der Waals surface area (Å²) in [7, 11) is 2.82. The molecular formula is C16H14N6O3. The Morgan fingerprint density at radius 1 is 0.960 bits per heavy atom. The van der Waals surface area contributed by atoms with E-state index in [0.717, 1.165) is 10.1 Å². The third-order valence-electron chi connectivity index (χ3n) is 4.16. The minimum absolute atomic E-state index is 0.0841. The number of aromatic nitrogens is 3. The average molecular weight is 338 g/mol. The largest absolute Gasteiger partial charge is 0.332 e. The number of fused-ring (bicyclic) bond motifs is 2. The number of hydrazine groups is 1. The van der Waals surface area contributed by atoms with Crippen LogP contribution in [-0.4, -0.2) is 20.0 Å². The molecule has 126 valence electrons. The zero-order valence-corrected chi connectivity index (χ0v) is 13.5. The van der Waals surface area contributed by atoms with Crippen LogP contribution in [0.1, 0.15) is 5.56 Å². The number of anilines is 1. The Hall–Kier alpha value is -3.62. The van der Waals surface area contributed by atoms with Gasteiger partial charge in [-0.2, -0.15) is 0 Å². The number of amidine groups is 1. The summed E-state index contributed by atoms with van der Waals surface area (Å²) >= 11 is 0. The summed E-state index contributed by atoms with van der Waals surface area (Å²) in [6, 6.07) is 9.27. The van der Waals surface area contributed by atoms with Crippen LogP contribution < -0.4 is 27.5 Å². The van der Waals surface area contributed by atoms with Crippen molar-refractivity contribution in [2.24, 2.45) is 19.1 Å². The van der Waals surface area contributed by atoms with E-state index in [9.17, 15) is 14.4 Å². The summed E-state index contributed by atoms with van der Waals surface area (Å²) < 4.78 is 2.12. The van der Waals surface area contributed by atoms with Crippen LogP contribution in [-0.2, 0) is 14.1 Å². The first-order valence-corrected chi connectivity index (χ1v) is 7.51. The number of aromatic amines is 1. The molecule has 0 atom stereocenters. The van der Waals surface area contributed by atoms with Crippen molar-refractivity contribution in [2.45, 2.75) is 0 Å². The van der Waals surface area contributed by atoms with Crippen molar-refractivity contribution < 1.29 is 0 Å². The van der Waals surface area contributed by atoms with Crippen molar-refractivity contribution in [2.75, 3.05) is 5.43 Å². The lowest BCUT2D eigenvalue weighted by Gasteiger charge is -2.20. The van der Waals surface area contributed by atoms with Gasteiger partial charge < -0.3 is 4.98 Å². The average Bonchev–Trinajstić information content (AvgIpc) is 2.65. The highest BCUT2D eigenvalue weighted by molar-refractivity contribution is 6.03. The van der Waals surface area contributed by atoms with Gasteiger partial charge in [-0.3, -0.25) is 29.6 Å². The smallest absolute Gasteiger partial charge is 0.324 e. The maximum Gasteiger partial charge on any atom is 0.332 e. The number of pyridine rings is 1. The fourth-order valence-electron chi connectivity index (χ4n) is 2.80. The van der Waals surface area contributed by atoms with Crippen molar-refractivity contribution in [3.05, 3.63) is 67.0 Å². The molecule has 0 unspecified atom stereocenters. The molecule has 9 heteroatoms. The van der Waals surface area contributed by atoms with Gasteiger partial charge in [0.25, 0.3) is 5.56 Å². The Balaban J connectivity index is 2.07. The molecule has 0 saturated heterocycles. The molecule has 3 heterocycles. The third-order valence-corrected chi connectivity index (χ3v) is 4.16. The zero-order valence-electron chi connectivity index (χ0n) is 13.5. The monoisotopic (exact) mass is 338 g/mol. The van der Waals surface area contributed by atoms with Crippen LogP contribution in [0.3, 0.4) is 0 Å². The molecule has 4 rings (SSSR count). The molecule has 0 aliphatic carbocycles. The van der Waals surface area contributed by atoms with Crippen molar-refractivity contribution in [3.63, 3.8) is 0 Å². The van der Waals surface area contributed by atoms with Crippen LogP contribution in [0.25, 0.3) is 11.0 Å². The molecule has 0 radical (unpaired) electrons. The highest BCUT2D eigenvalue weighted by Crippen LogP contribution is 2.23. The molecule has 3 N–H and O–H groups in total. The third kappa shape index (κ3) is 2.09. The first-order chi connectivity index (χ1) is 12.0. The van der Waals surface area contributed by atoms with Crippen molar-refractivity contribution in [3.8, 4) is 0 Å². The minimum atomic E-state index is -0.655. The lowest BCUT2D eigenvalue weighted by Crippen LogP contribution is -2.40. The molecule has 9 nitrogen and oxygen atoms in total. The van der Waals surface area contributed by atoms with E-state index in [1.807, 2.05) is 30.3 Å². The summed E-state index contributed by atoms with van der Waals surface area (Å²) in [5, 5.41) is -0.108. The Bertz CT molecular complexity index is 1220. The second kappa shape index (κ2) is 5.20. The van der Waals surface area contributed by atoms with Crippen LogP contribution in [0.5, 0.6) is 0 Å². The number of aryl methyl sites for hydroxylation is 1. The standard InChI is InChI=1S/C16H14N6O3/c1-21-14-9(15(24)22(2)16(21)25)11(23)10-13(18-14)20-19-12(17-10)8-6-4-3-5-7-8/h3-7H,1-2H3,(H,17,19)(H2,18,20,23). The topological polar surface area (TPSA) is 113 Å². The van der Waals surface area contributed by atoms with Crippen molar-refractivity contribution >= 4 is 28.4 Å². The summed E-state index contributed by atoms with van der Waals surface area (Å²) in [6.45, 7) is 0. The highest BCUT2D eigenvalue weighted by atomic mass is 16.2. The van der Waals surface area contributed by atoms with Gasteiger partial charge in [0, 0.05) is 19.7 Å². The molecule has 1 aliphatic heterocycles. The molecule has 2 aromatic heterocycles. The number of H-pyrrole nitrogens is 1. The maximum absolute atomic E-state index is 12.9. The van der Waals surface area contributed by atoms with Gasteiger partial charge >= 0.3 is 5.69 Å². The molecule has 0 saturated carbocycles. The number of nitrogens with zero attached hydrogens (tertiary/aromatic N) is 3. The van der Waals surface area contributed by atoms with Crippen LogP contribution in [0.4, 0.5) is 11.5 Å². The van der Waals surface area contributed by atoms with E-state index in [-0.39, 0.29) is 16.7 Å². The van der Waals surface area contributed by atoms with Crippen LogP contribution in [0.2, 0.25) is 0 Å². The summed E-state index contributed by atoms with van der Waals surface area (Å²) in [6.07, 6.45) is 0. The highest BCUT2D eigenvalue weighted by Gasteiger charge is 2.21. The van der Waals surface area contributed by atoms with E-state index >= 15 is 0 Å². The normalized spacial score (nSPS) is 13.0. The van der Waals surface area contributed by atoms with Crippen LogP contribution >= 0.6 is 0 Å². The second-order valence-corrected chi connectivity index (χ2v) is 5.68. The van der Waals surface area contributed by atoms with E-state index in [2.05, 4.69) is 20.8 Å². The first kappa shape index (κ1) is 14.9. The number of benzene rings is 1. The molecule has 0 fully saturated rings. The van der Waals surface area contributed by atoms with Crippen molar-refractivity contribution in [1.29, 1.82) is 0 Å². The second-order valence-electron chi connectivity index (χ2n) is 5.68. The summed E-state index contributed by atoms with van der Waals surface area (Å²) in [5.41, 5.74) is 5.06. The zero-order chi connectivity index (χ0) is 17.7. The predicted octanol–water partition coefficient (Wildman–Crippen LogP) is -0.0661. The number of hydrogen-bond acceptors (Lipinski definition) is 6. The van der Waals surface area contributed by atoms with Gasteiger partial charge in [0.1, 0.15) is 11.0 Å². The fourth-order valence-corrected chi connectivity index (χ4v) is 2.80. The van der Waals surface area contributed by atoms with E-state index < -0.39 is 16.7 Å². The number of aliphatic imine (C=N–C) groups is 1. The molecule has 3 aromatic rings.